The molecule has 4 nitrogen and oxygen atoms in total. The van der Waals surface area contributed by atoms with Crippen LogP contribution in [0, 0.1) is 5.41 Å². The first-order chi connectivity index (χ1) is 13.1. The molecular formula is C23H28N2O2. The van der Waals surface area contributed by atoms with E-state index in [0.717, 1.165) is 43.2 Å². The molecule has 2 aliphatic rings. The lowest BCUT2D eigenvalue weighted by Crippen LogP contribution is -2.57. The summed E-state index contributed by atoms with van der Waals surface area (Å²) in [5.41, 5.74) is 3.07. The Morgan fingerprint density at radius 3 is 2.56 bits per heavy atom. The van der Waals surface area contributed by atoms with Gasteiger partial charge in [0.1, 0.15) is 0 Å². The zero-order valence-corrected chi connectivity index (χ0v) is 16.0. The highest BCUT2D eigenvalue weighted by atomic mass is 16.5. The maximum absolute atomic E-state index is 13.3. The number of carbonyl (C=O) groups excluding carboxylic acids is 1. The van der Waals surface area contributed by atoms with Gasteiger partial charge in [-0.3, -0.25) is 9.78 Å². The first-order valence-corrected chi connectivity index (χ1v) is 9.98. The molecular weight excluding hydrogens is 336 g/mol. The normalized spacial score (nSPS) is 20.5. The van der Waals surface area contributed by atoms with Crippen molar-refractivity contribution in [1.29, 1.82) is 0 Å². The van der Waals surface area contributed by atoms with E-state index in [-0.39, 0.29) is 16.9 Å². The third-order valence-corrected chi connectivity index (χ3v) is 6.27. The molecule has 2 heterocycles. The second-order valence-electron chi connectivity index (χ2n) is 8.38. The molecule has 0 radical (unpaired) electrons. The Bertz CT molecular complexity index is 793. The molecule has 0 spiro atoms. The highest BCUT2D eigenvalue weighted by Crippen LogP contribution is 2.38. The van der Waals surface area contributed by atoms with E-state index in [1.165, 1.54) is 12.0 Å². The minimum absolute atomic E-state index is 0.0139. The summed E-state index contributed by atoms with van der Waals surface area (Å²) in [6.45, 7) is 3.49. The van der Waals surface area contributed by atoms with Crippen LogP contribution < -0.4 is 5.32 Å². The summed E-state index contributed by atoms with van der Waals surface area (Å²) in [7, 11) is 0. The average Bonchev–Trinajstić information content (AvgIpc) is 2.68. The lowest BCUT2D eigenvalue weighted by Gasteiger charge is -2.44. The van der Waals surface area contributed by atoms with Crippen LogP contribution in [0.4, 0.5) is 0 Å². The van der Waals surface area contributed by atoms with Crippen molar-refractivity contribution in [2.45, 2.75) is 51.0 Å². The molecule has 4 heteroatoms. The Morgan fingerprint density at radius 1 is 1.11 bits per heavy atom. The van der Waals surface area contributed by atoms with Gasteiger partial charge in [0.25, 0.3) is 0 Å². The van der Waals surface area contributed by atoms with Crippen molar-refractivity contribution in [1.82, 2.24) is 10.3 Å². The van der Waals surface area contributed by atoms with Crippen LogP contribution in [0.1, 0.15) is 44.6 Å². The molecule has 1 aromatic heterocycles. The SMILES string of the molecule is CC1(NC(=O)C2(Cc3cccc(-c4cccnc4)c3)CCOCC2)CCC1. The van der Waals surface area contributed by atoms with Crippen molar-refractivity contribution in [3.63, 3.8) is 0 Å². The van der Waals surface area contributed by atoms with Gasteiger partial charge < -0.3 is 10.1 Å². The number of rotatable bonds is 5. The summed E-state index contributed by atoms with van der Waals surface area (Å²) in [5.74, 6) is 0.208. The Balaban J connectivity index is 1.58. The van der Waals surface area contributed by atoms with Crippen LogP contribution in [0.3, 0.4) is 0 Å². The molecule has 0 atom stereocenters. The molecule has 2 fully saturated rings. The molecule has 0 unspecified atom stereocenters. The molecule has 1 aromatic carbocycles. The van der Waals surface area contributed by atoms with Crippen molar-refractivity contribution in [2.24, 2.45) is 5.41 Å². The highest BCUT2D eigenvalue weighted by molar-refractivity contribution is 5.84. The highest BCUT2D eigenvalue weighted by Gasteiger charge is 2.44. The van der Waals surface area contributed by atoms with E-state index in [0.29, 0.717) is 13.2 Å². The summed E-state index contributed by atoms with van der Waals surface area (Å²) in [5, 5.41) is 3.37. The smallest absolute Gasteiger partial charge is 0.227 e. The van der Waals surface area contributed by atoms with Crippen LogP contribution >= 0.6 is 0 Å². The van der Waals surface area contributed by atoms with E-state index in [1.54, 1.807) is 6.20 Å². The molecule has 1 aliphatic heterocycles. The standard InChI is InChI=1S/C23H28N2O2/c1-22(8-4-9-22)25-21(26)23(10-13-27-14-11-23)16-18-5-2-6-19(15-18)20-7-3-12-24-17-20/h2-3,5-7,12,15,17H,4,8-11,13-14,16H2,1H3,(H,25,26). The molecule has 1 saturated carbocycles. The maximum atomic E-state index is 13.3. The summed E-state index contributed by atoms with van der Waals surface area (Å²) >= 11 is 0. The largest absolute Gasteiger partial charge is 0.381 e. The number of ether oxygens (including phenoxy) is 1. The summed E-state index contributed by atoms with van der Waals surface area (Å²) in [6.07, 6.45) is 9.37. The number of nitrogens with one attached hydrogen (secondary N) is 1. The minimum Gasteiger partial charge on any atom is -0.381 e. The van der Waals surface area contributed by atoms with Crippen LogP contribution in [0.5, 0.6) is 0 Å². The van der Waals surface area contributed by atoms with Gasteiger partial charge in [-0.2, -0.15) is 0 Å². The first kappa shape index (κ1) is 18.2. The third-order valence-electron chi connectivity index (χ3n) is 6.27. The van der Waals surface area contributed by atoms with Gasteiger partial charge in [-0.25, -0.2) is 0 Å². The molecule has 1 aliphatic carbocycles. The Kier molecular flexibility index (Phi) is 5.00. The third kappa shape index (κ3) is 3.91. The number of hydrogen-bond acceptors (Lipinski definition) is 3. The monoisotopic (exact) mass is 364 g/mol. The number of carbonyl (C=O) groups is 1. The fourth-order valence-electron chi connectivity index (χ4n) is 4.27. The molecule has 0 bridgehead atoms. The van der Waals surface area contributed by atoms with Crippen molar-refractivity contribution in [3.8, 4) is 11.1 Å². The Hall–Kier alpha value is -2.20. The van der Waals surface area contributed by atoms with Gasteiger partial charge in [-0.15, -0.1) is 0 Å². The lowest BCUT2D eigenvalue weighted by molar-refractivity contribution is -0.139. The predicted molar refractivity (Wildman–Crippen MR) is 106 cm³/mol. The zero-order chi connectivity index (χ0) is 18.7. The lowest BCUT2D eigenvalue weighted by atomic mass is 9.72. The van der Waals surface area contributed by atoms with E-state index >= 15 is 0 Å². The van der Waals surface area contributed by atoms with Crippen LogP contribution in [0.2, 0.25) is 0 Å². The zero-order valence-electron chi connectivity index (χ0n) is 16.0. The average molecular weight is 364 g/mol. The van der Waals surface area contributed by atoms with Crippen molar-refractivity contribution in [2.75, 3.05) is 13.2 Å². The van der Waals surface area contributed by atoms with Gasteiger partial charge in [-0.05, 0) is 68.2 Å². The van der Waals surface area contributed by atoms with Crippen molar-refractivity contribution >= 4 is 5.91 Å². The Labute approximate surface area is 161 Å². The van der Waals surface area contributed by atoms with Gasteiger partial charge in [0, 0.05) is 31.1 Å². The summed E-state index contributed by atoms with van der Waals surface area (Å²) in [6, 6.07) is 12.5. The van der Waals surface area contributed by atoms with Crippen LogP contribution in [0.25, 0.3) is 11.1 Å². The second-order valence-corrected chi connectivity index (χ2v) is 8.38. The molecule has 1 saturated heterocycles. The number of amides is 1. The fourth-order valence-corrected chi connectivity index (χ4v) is 4.27. The quantitative estimate of drug-likeness (QED) is 0.867. The van der Waals surface area contributed by atoms with Crippen LogP contribution in [0.15, 0.2) is 48.8 Å². The summed E-state index contributed by atoms with van der Waals surface area (Å²) < 4.78 is 5.59. The van der Waals surface area contributed by atoms with Gasteiger partial charge in [0.2, 0.25) is 5.91 Å². The second kappa shape index (κ2) is 7.43. The maximum Gasteiger partial charge on any atom is 0.227 e. The van der Waals surface area contributed by atoms with Gasteiger partial charge in [0.15, 0.2) is 0 Å². The number of hydrogen-bond donors (Lipinski definition) is 1. The van der Waals surface area contributed by atoms with E-state index in [9.17, 15) is 4.79 Å². The van der Waals surface area contributed by atoms with E-state index in [2.05, 4.69) is 47.6 Å². The van der Waals surface area contributed by atoms with E-state index in [1.807, 2.05) is 12.3 Å². The molecule has 4 rings (SSSR count). The van der Waals surface area contributed by atoms with Crippen LogP contribution in [-0.4, -0.2) is 29.6 Å². The molecule has 27 heavy (non-hydrogen) atoms. The first-order valence-electron chi connectivity index (χ1n) is 9.98. The van der Waals surface area contributed by atoms with E-state index < -0.39 is 0 Å². The van der Waals surface area contributed by atoms with Crippen molar-refractivity contribution < 1.29 is 9.53 Å². The molecule has 1 amide bonds. The molecule has 2 aromatic rings. The fraction of sp³-hybridized carbons (Fsp3) is 0.478. The van der Waals surface area contributed by atoms with Crippen molar-refractivity contribution in [3.05, 3.63) is 54.4 Å². The van der Waals surface area contributed by atoms with Gasteiger partial charge in [-0.1, -0.05) is 30.3 Å². The Morgan fingerprint density at radius 2 is 1.89 bits per heavy atom. The molecule has 142 valence electrons. The number of nitrogens with zero attached hydrogens (tertiary/aromatic N) is 1. The number of benzene rings is 1. The van der Waals surface area contributed by atoms with E-state index in [4.69, 9.17) is 4.74 Å². The predicted octanol–water partition coefficient (Wildman–Crippen LogP) is 4.15. The minimum atomic E-state index is -0.371. The summed E-state index contributed by atoms with van der Waals surface area (Å²) in [4.78, 5) is 17.5. The number of pyridine rings is 1. The topological polar surface area (TPSA) is 51.2 Å². The van der Waals surface area contributed by atoms with Crippen LogP contribution in [-0.2, 0) is 16.0 Å². The number of aromatic nitrogens is 1. The van der Waals surface area contributed by atoms with Gasteiger partial charge >= 0.3 is 0 Å². The van der Waals surface area contributed by atoms with Gasteiger partial charge in [0.05, 0.1) is 5.41 Å². The molecule has 1 N–H and O–H groups in total.